The van der Waals surface area contributed by atoms with Crippen LogP contribution in [0.2, 0.25) is 0 Å². The molecular formula is C15H21NO2. The summed E-state index contributed by atoms with van der Waals surface area (Å²) in [6.45, 7) is 3.82. The summed E-state index contributed by atoms with van der Waals surface area (Å²) in [6.07, 6.45) is 1.69. The molecule has 0 spiro atoms. The number of ketones is 1. The molecule has 2 N–H and O–H groups in total. The highest BCUT2D eigenvalue weighted by atomic mass is 16.1. The number of benzene rings is 1. The largest absolute Gasteiger partial charge is 0.321 e. The number of carbonyl (C=O) groups is 2. The molecule has 98 valence electrons. The Balaban J connectivity index is 2.58. The summed E-state index contributed by atoms with van der Waals surface area (Å²) in [5.74, 6) is -0.191. The lowest BCUT2D eigenvalue weighted by Gasteiger charge is -2.16. The van der Waals surface area contributed by atoms with E-state index in [9.17, 15) is 9.59 Å². The number of aldehydes is 1. The number of hydrogen-bond acceptors (Lipinski definition) is 3. The van der Waals surface area contributed by atoms with Crippen LogP contribution in [0, 0.1) is 11.8 Å². The smallest absolute Gasteiger partial charge is 0.150 e. The molecule has 0 heterocycles. The molecule has 3 heteroatoms. The third-order valence-electron chi connectivity index (χ3n) is 3.09. The Kier molecular flexibility index (Phi) is 5.72. The zero-order valence-electron chi connectivity index (χ0n) is 11.0. The van der Waals surface area contributed by atoms with Crippen LogP contribution in [-0.4, -0.2) is 18.1 Å². The molecule has 2 atom stereocenters. The van der Waals surface area contributed by atoms with E-state index in [2.05, 4.69) is 0 Å². The fraction of sp³-hybridized carbons (Fsp3) is 0.467. The summed E-state index contributed by atoms with van der Waals surface area (Å²) in [7, 11) is 0. The molecule has 1 aromatic rings. The number of carbonyl (C=O) groups excluding carboxylic acids is 2. The third-order valence-corrected chi connectivity index (χ3v) is 3.09. The quantitative estimate of drug-likeness (QED) is 0.749. The fourth-order valence-corrected chi connectivity index (χ4v) is 1.85. The van der Waals surface area contributed by atoms with Crippen LogP contribution >= 0.6 is 0 Å². The van der Waals surface area contributed by atoms with E-state index in [4.69, 9.17) is 5.73 Å². The van der Waals surface area contributed by atoms with Crippen molar-refractivity contribution >= 4 is 12.1 Å². The highest BCUT2D eigenvalue weighted by Gasteiger charge is 2.21. The van der Waals surface area contributed by atoms with Crippen LogP contribution in [0.25, 0.3) is 0 Å². The van der Waals surface area contributed by atoms with Crippen molar-refractivity contribution in [1.29, 1.82) is 0 Å². The molecule has 1 rings (SSSR count). The van der Waals surface area contributed by atoms with Crippen molar-refractivity contribution in [3.63, 3.8) is 0 Å². The normalized spacial score (nSPS) is 14.2. The first kappa shape index (κ1) is 14.6. The van der Waals surface area contributed by atoms with E-state index in [1.54, 1.807) is 0 Å². The van der Waals surface area contributed by atoms with Crippen molar-refractivity contribution in [3.05, 3.63) is 35.9 Å². The fourth-order valence-electron chi connectivity index (χ4n) is 1.85. The zero-order valence-corrected chi connectivity index (χ0v) is 11.0. The van der Waals surface area contributed by atoms with Gasteiger partial charge in [-0.2, -0.15) is 0 Å². The van der Waals surface area contributed by atoms with Crippen molar-refractivity contribution in [2.45, 2.75) is 32.7 Å². The molecule has 0 amide bonds. The Labute approximate surface area is 108 Å². The highest BCUT2D eigenvalue weighted by Crippen LogP contribution is 2.13. The summed E-state index contributed by atoms with van der Waals surface area (Å²) >= 11 is 0. The van der Waals surface area contributed by atoms with Gasteiger partial charge < -0.3 is 10.5 Å². The van der Waals surface area contributed by atoms with Gasteiger partial charge in [0.05, 0.1) is 6.04 Å². The maximum Gasteiger partial charge on any atom is 0.150 e. The van der Waals surface area contributed by atoms with Crippen LogP contribution in [-0.2, 0) is 16.0 Å². The van der Waals surface area contributed by atoms with Gasteiger partial charge in [-0.25, -0.2) is 0 Å². The van der Waals surface area contributed by atoms with Gasteiger partial charge in [0.25, 0.3) is 0 Å². The van der Waals surface area contributed by atoms with Crippen LogP contribution in [0.5, 0.6) is 0 Å². The summed E-state index contributed by atoms with van der Waals surface area (Å²) in [4.78, 5) is 22.9. The standard InChI is InChI=1S/C15H21NO2/c1-11(2)15(16)14(18)9-13(10-17)8-12-6-4-3-5-7-12/h3-7,10-11,13,15H,8-9,16H2,1-2H3/t13-,15+/m1/s1. The van der Waals surface area contributed by atoms with Crippen molar-refractivity contribution in [2.75, 3.05) is 0 Å². The topological polar surface area (TPSA) is 60.2 Å². The minimum Gasteiger partial charge on any atom is -0.321 e. The lowest BCUT2D eigenvalue weighted by atomic mass is 9.90. The van der Waals surface area contributed by atoms with E-state index in [1.807, 2.05) is 44.2 Å². The van der Waals surface area contributed by atoms with Gasteiger partial charge >= 0.3 is 0 Å². The average molecular weight is 247 g/mol. The van der Waals surface area contributed by atoms with E-state index < -0.39 is 6.04 Å². The SMILES string of the molecule is CC(C)[C@H](N)C(=O)C[C@H](C=O)Cc1ccccc1. The Hall–Kier alpha value is -1.48. The second kappa shape index (κ2) is 7.07. The minimum atomic E-state index is -0.469. The molecule has 0 aliphatic carbocycles. The summed E-state index contributed by atoms with van der Waals surface area (Å²) < 4.78 is 0. The van der Waals surface area contributed by atoms with Crippen molar-refractivity contribution in [3.8, 4) is 0 Å². The lowest BCUT2D eigenvalue weighted by Crippen LogP contribution is -2.36. The molecule has 0 saturated carbocycles. The lowest BCUT2D eigenvalue weighted by molar-refractivity contribution is -0.124. The van der Waals surface area contributed by atoms with Crippen molar-refractivity contribution in [2.24, 2.45) is 17.6 Å². The molecule has 0 unspecified atom stereocenters. The van der Waals surface area contributed by atoms with Gasteiger partial charge in [0, 0.05) is 12.3 Å². The molecule has 0 aliphatic heterocycles. The maximum absolute atomic E-state index is 11.9. The summed E-state index contributed by atoms with van der Waals surface area (Å²) in [6, 6.07) is 9.24. The Bertz CT molecular complexity index is 387. The van der Waals surface area contributed by atoms with E-state index in [-0.39, 0.29) is 24.0 Å². The Morgan fingerprint density at radius 2 is 1.89 bits per heavy atom. The van der Waals surface area contributed by atoms with Crippen LogP contribution in [0.1, 0.15) is 25.8 Å². The van der Waals surface area contributed by atoms with Crippen molar-refractivity contribution in [1.82, 2.24) is 0 Å². The van der Waals surface area contributed by atoms with Gasteiger partial charge in [-0.05, 0) is 17.9 Å². The van der Waals surface area contributed by atoms with Crippen LogP contribution in [0.15, 0.2) is 30.3 Å². The van der Waals surface area contributed by atoms with Crippen LogP contribution in [0.4, 0.5) is 0 Å². The monoisotopic (exact) mass is 247 g/mol. The number of Topliss-reactive ketones (excluding diaryl/α,β-unsaturated/α-hetero) is 1. The molecule has 18 heavy (non-hydrogen) atoms. The van der Waals surface area contributed by atoms with Gasteiger partial charge in [-0.15, -0.1) is 0 Å². The molecule has 0 aromatic heterocycles. The third kappa shape index (κ3) is 4.41. The predicted octanol–water partition coefficient (Wildman–Crippen LogP) is 1.99. The minimum absolute atomic E-state index is 0.0296. The second-order valence-corrected chi connectivity index (χ2v) is 5.03. The second-order valence-electron chi connectivity index (χ2n) is 5.03. The van der Waals surface area contributed by atoms with E-state index >= 15 is 0 Å². The average Bonchev–Trinajstić information content (AvgIpc) is 2.37. The van der Waals surface area contributed by atoms with Gasteiger partial charge in [0.2, 0.25) is 0 Å². The van der Waals surface area contributed by atoms with Crippen molar-refractivity contribution < 1.29 is 9.59 Å². The molecule has 0 saturated heterocycles. The van der Waals surface area contributed by atoms with Crippen LogP contribution in [0.3, 0.4) is 0 Å². The molecule has 0 radical (unpaired) electrons. The number of hydrogen-bond donors (Lipinski definition) is 1. The predicted molar refractivity (Wildman–Crippen MR) is 72.1 cm³/mol. The van der Waals surface area contributed by atoms with Gasteiger partial charge in [-0.1, -0.05) is 44.2 Å². The Morgan fingerprint density at radius 3 is 2.39 bits per heavy atom. The van der Waals surface area contributed by atoms with Gasteiger partial charge in [0.15, 0.2) is 5.78 Å². The maximum atomic E-state index is 11.9. The van der Waals surface area contributed by atoms with Gasteiger partial charge in [0.1, 0.15) is 6.29 Å². The van der Waals surface area contributed by atoms with Gasteiger partial charge in [-0.3, -0.25) is 4.79 Å². The molecule has 1 aromatic carbocycles. The number of nitrogens with two attached hydrogens (primary N) is 1. The van der Waals surface area contributed by atoms with E-state index in [0.717, 1.165) is 11.8 Å². The first-order valence-electron chi connectivity index (χ1n) is 6.32. The van der Waals surface area contributed by atoms with Crippen LogP contribution < -0.4 is 5.73 Å². The number of rotatable bonds is 7. The molecular weight excluding hydrogens is 226 g/mol. The first-order chi connectivity index (χ1) is 8.54. The first-order valence-corrected chi connectivity index (χ1v) is 6.32. The molecule has 3 nitrogen and oxygen atoms in total. The molecule has 0 fully saturated rings. The zero-order chi connectivity index (χ0) is 13.5. The molecule has 0 aliphatic rings. The summed E-state index contributed by atoms with van der Waals surface area (Å²) in [5.41, 5.74) is 6.86. The summed E-state index contributed by atoms with van der Waals surface area (Å²) in [5, 5.41) is 0. The highest BCUT2D eigenvalue weighted by molar-refractivity contribution is 5.86. The van der Waals surface area contributed by atoms with E-state index in [1.165, 1.54) is 0 Å². The Morgan fingerprint density at radius 1 is 1.28 bits per heavy atom. The molecule has 0 bridgehead atoms. The van der Waals surface area contributed by atoms with E-state index in [0.29, 0.717) is 6.42 Å².